The summed E-state index contributed by atoms with van der Waals surface area (Å²) >= 11 is 0. The topological polar surface area (TPSA) is 0 Å². The quantitative estimate of drug-likeness (QED) is 0.410. The standard InChI is InChI=1S/C10H16/c1-4-7-9-10(6-3)8-5-2/h4-5,7,9H,2,6,8H2,1,3H3. The SMILES string of the molecule is C=CCC(=CC=CC)CC. The van der Waals surface area contributed by atoms with E-state index in [1.807, 2.05) is 19.1 Å². The molecule has 0 unspecified atom stereocenters. The Balaban J connectivity index is 3.89. The van der Waals surface area contributed by atoms with E-state index in [9.17, 15) is 0 Å². The van der Waals surface area contributed by atoms with Crippen LogP contribution in [-0.4, -0.2) is 0 Å². The zero-order chi connectivity index (χ0) is 7.82. The van der Waals surface area contributed by atoms with Crippen molar-refractivity contribution in [1.29, 1.82) is 0 Å². The van der Waals surface area contributed by atoms with Gasteiger partial charge in [-0.25, -0.2) is 0 Å². The maximum Gasteiger partial charge on any atom is -0.0138 e. The smallest absolute Gasteiger partial charge is 0.0138 e. The van der Waals surface area contributed by atoms with E-state index in [1.165, 1.54) is 5.57 Å². The monoisotopic (exact) mass is 136 g/mol. The molecule has 0 aromatic heterocycles. The average Bonchev–Trinajstić information content (AvgIpc) is 1.98. The second-order valence-corrected chi connectivity index (χ2v) is 2.20. The molecule has 0 aliphatic heterocycles. The van der Waals surface area contributed by atoms with Crippen LogP contribution in [0.15, 0.2) is 36.5 Å². The van der Waals surface area contributed by atoms with Crippen molar-refractivity contribution in [1.82, 2.24) is 0 Å². The Morgan fingerprint density at radius 1 is 1.50 bits per heavy atom. The first kappa shape index (κ1) is 9.22. The molecule has 0 heteroatoms. The highest BCUT2D eigenvalue weighted by atomic mass is 13.9. The van der Waals surface area contributed by atoms with Gasteiger partial charge >= 0.3 is 0 Å². The Bertz CT molecular complexity index is 138. The molecule has 0 radical (unpaired) electrons. The molecule has 0 saturated heterocycles. The Labute approximate surface area is 64.0 Å². The van der Waals surface area contributed by atoms with Gasteiger partial charge in [0, 0.05) is 0 Å². The molecule has 0 N–H and O–H groups in total. The summed E-state index contributed by atoms with van der Waals surface area (Å²) in [6.07, 6.45) is 10.3. The number of allylic oxidation sites excluding steroid dienone is 5. The van der Waals surface area contributed by atoms with Crippen molar-refractivity contribution in [3.05, 3.63) is 36.5 Å². The molecule has 56 valence electrons. The molecule has 0 nitrogen and oxygen atoms in total. The third-order valence-electron chi connectivity index (χ3n) is 1.39. The number of rotatable bonds is 4. The fraction of sp³-hybridized carbons (Fsp3) is 0.400. The van der Waals surface area contributed by atoms with Crippen molar-refractivity contribution >= 4 is 0 Å². The fourth-order valence-corrected chi connectivity index (χ4v) is 0.748. The van der Waals surface area contributed by atoms with Crippen LogP contribution in [0.1, 0.15) is 26.7 Å². The van der Waals surface area contributed by atoms with Crippen molar-refractivity contribution in [3.63, 3.8) is 0 Å². The molecule has 0 rings (SSSR count). The third-order valence-corrected chi connectivity index (χ3v) is 1.39. The average molecular weight is 136 g/mol. The normalized spacial score (nSPS) is 12.4. The molecule has 0 bridgehead atoms. The highest BCUT2D eigenvalue weighted by Gasteiger charge is 1.85. The number of hydrogen-bond acceptors (Lipinski definition) is 0. The van der Waals surface area contributed by atoms with Crippen LogP contribution in [0.2, 0.25) is 0 Å². The van der Waals surface area contributed by atoms with Gasteiger partial charge in [0.15, 0.2) is 0 Å². The van der Waals surface area contributed by atoms with Crippen molar-refractivity contribution in [3.8, 4) is 0 Å². The third kappa shape index (κ3) is 4.13. The zero-order valence-electron chi connectivity index (χ0n) is 6.93. The van der Waals surface area contributed by atoms with Gasteiger partial charge in [0.25, 0.3) is 0 Å². The van der Waals surface area contributed by atoms with Crippen molar-refractivity contribution in [2.45, 2.75) is 26.7 Å². The molecule has 0 heterocycles. The van der Waals surface area contributed by atoms with Crippen molar-refractivity contribution < 1.29 is 0 Å². The summed E-state index contributed by atoms with van der Waals surface area (Å²) in [6, 6.07) is 0. The second kappa shape index (κ2) is 6.34. The lowest BCUT2D eigenvalue weighted by atomic mass is 10.1. The summed E-state index contributed by atoms with van der Waals surface area (Å²) < 4.78 is 0. The summed E-state index contributed by atoms with van der Waals surface area (Å²) in [7, 11) is 0. The minimum absolute atomic E-state index is 1.01. The molecule has 0 aliphatic carbocycles. The van der Waals surface area contributed by atoms with Crippen LogP contribution in [0.4, 0.5) is 0 Å². The highest BCUT2D eigenvalue weighted by molar-refractivity contribution is 5.13. The van der Waals surface area contributed by atoms with Gasteiger partial charge in [-0.1, -0.05) is 36.8 Å². The van der Waals surface area contributed by atoms with E-state index in [0.717, 1.165) is 12.8 Å². The Morgan fingerprint density at radius 3 is 2.60 bits per heavy atom. The minimum Gasteiger partial charge on any atom is -0.103 e. The predicted molar refractivity (Wildman–Crippen MR) is 48.0 cm³/mol. The van der Waals surface area contributed by atoms with E-state index in [0.29, 0.717) is 0 Å². The maximum absolute atomic E-state index is 3.69. The van der Waals surface area contributed by atoms with Gasteiger partial charge in [-0.05, 0) is 19.8 Å². The van der Waals surface area contributed by atoms with Gasteiger partial charge in [0.2, 0.25) is 0 Å². The molecular weight excluding hydrogens is 120 g/mol. The summed E-state index contributed by atoms with van der Waals surface area (Å²) in [5.41, 5.74) is 1.44. The molecule has 0 aromatic carbocycles. The number of hydrogen-bond donors (Lipinski definition) is 0. The fourth-order valence-electron chi connectivity index (χ4n) is 0.748. The van der Waals surface area contributed by atoms with E-state index < -0.39 is 0 Å². The summed E-state index contributed by atoms with van der Waals surface area (Å²) in [6.45, 7) is 7.88. The summed E-state index contributed by atoms with van der Waals surface area (Å²) in [5.74, 6) is 0. The Hall–Kier alpha value is -0.780. The molecule has 0 atom stereocenters. The molecule has 0 aliphatic rings. The maximum atomic E-state index is 3.69. The Kier molecular flexibility index (Phi) is 5.85. The lowest BCUT2D eigenvalue weighted by Crippen LogP contribution is -1.75. The molecule has 0 saturated carbocycles. The molecule has 0 aromatic rings. The van der Waals surface area contributed by atoms with E-state index in [4.69, 9.17) is 0 Å². The Morgan fingerprint density at radius 2 is 2.20 bits per heavy atom. The lowest BCUT2D eigenvalue weighted by molar-refractivity contribution is 1.03. The van der Waals surface area contributed by atoms with Gasteiger partial charge in [-0.3, -0.25) is 0 Å². The van der Waals surface area contributed by atoms with E-state index in [2.05, 4.69) is 25.7 Å². The zero-order valence-corrected chi connectivity index (χ0v) is 6.93. The second-order valence-electron chi connectivity index (χ2n) is 2.20. The van der Waals surface area contributed by atoms with Gasteiger partial charge in [0.05, 0.1) is 0 Å². The van der Waals surface area contributed by atoms with E-state index in [-0.39, 0.29) is 0 Å². The van der Waals surface area contributed by atoms with Crippen molar-refractivity contribution in [2.24, 2.45) is 0 Å². The molecule has 10 heavy (non-hydrogen) atoms. The summed E-state index contributed by atoms with van der Waals surface area (Å²) in [5, 5.41) is 0. The lowest BCUT2D eigenvalue weighted by Gasteiger charge is -1.95. The van der Waals surface area contributed by atoms with E-state index >= 15 is 0 Å². The minimum atomic E-state index is 1.01. The van der Waals surface area contributed by atoms with Crippen LogP contribution in [0.3, 0.4) is 0 Å². The van der Waals surface area contributed by atoms with Crippen LogP contribution in [0.5, 0.6) is 0 Å². The molecular formula is C10H16. The van der Waals surface area contributed by atoms with Gasteiger partial charge < -0.3 is 0 Å². The van der Waals surface area contributed by atoms with Crippen LogP contribution in [-0.2, 0) is 0 Å². The largest absolute Gasteiger partial charge is 0.103 e. The summed E-state index contributed by atoms with van der Waals surface area (Å²) in [4.78, 5) is 0. The van der Waals surface area contributed by atoms with Gasteiger partial charge in [-0.2, -0.15) is 0 Å². The van der Waals surface area contributed by atoms with Crippen molar-refractivity contribution in [2.75, 3.05) is 0 Å². The van der Waals surface area contributed by atoms with Gasteiger partial charge in [-0.15, -0.1) is 6.58 Å². The first-order chi connectivity index (χ1) is 4.85. The highest BCUT2D eigenvalue weighted by Crippen LogP contribution is 2.06. The van der Waals surface area contributed by atoms with Crippen LogP contribution >= 0.6 is 0 Å². The predicted octanol–water partition coefficient (Wildman–Crippen LogP) is 3.48. The van der Waals surface area contributed by atoms with Crippen LogP contribution in [0.25, 0.3) is 0 Å². The van der Waals surface area contributed by atoms with Crippen LogP contribution < -0.4 is 0 Å². The molecule has 0 spiro atoms. The van der Waals surface area contributed by atoms with Crippen LogP contribution in [0, 0.1) is 0 Å². The van der Waals surface area contributed by atoms with E-state index in [1.54, 1.807) is 0 Å². The first-order valence-corrected chi connectivity index (χ1v) is 3.76. The van der Waals surface area contributed by atoms with Gasteiger partial charge in [0.1, 0.15) is 0 Å². The first-order valence-electron chi connectivity index (χ1n) is 3.76. The molecule has 0 amide bonds. The molecule has 0 fully saturated rings.